The zero-order valence-electron chi connectivity index (χ0n) is 18.0. The second-order valence-electron chi connectivity index (χ2n) is 8.86. The van der Waals surface area contributed by atoms with Crippen LogP contribution in [0, 0.1) is 0 Å². The Morgan fingerprint density at radius 3 is 2.43 bits per heavy atom. The maximum absolute atomic E-state index is 13.0. The molecule has 0 spiro atoms. The predicted molar refractivity (Wildman–Crippen MR) is 110 cm³/mol. The highest BCUT2D eigenvalue weighted by molar-refractivity contribution is 5.75. The highest BCUT2D eigenvalue weighted by Gasteiger charge is 2.30. The van der Waals surface area contributed by atoms with Crippen molar-refractivity contribution in [2.45, 2.75) is 84.7 Å². The van der Waals surface area contributed by atoms with Crippen LogP contribution in [-0.2, 0) is 19.5 Å². The van der Waals surface area contributed by atoms with Gasteiger partial charge in [-0.05, 0) is 53.6 Å². The average Bonchev–Trinajstić information content (AvgIpc) is 3.04. The van der Waals surface area contributed by atoms with Crippen molar-refractivity contribution in [2.75, 3.05) is 26.2 Å². The first-order valence-corrected chi connectivity index (χ1v) is 10.9. The second-order valence-corrected chi connectivity index (χ2v) is 8.86. The number of carbonyl (C=O) groups excluding carboxylic acids is 1. The Morgan fingerprint density at radius 1 is 1.11 bits per heavy atom. The molecule has 3 heterocycles. The third-order valence-electron chi connectivity index (χ3n) is 5.92. The Labute approximate surface area is 169 Å². The number of aromatic nitrogens is 2. The summed E-state index contributed by atoms with van der Waals surface area (Å²) in [6.45, 7) is 13.0. The number of piperidine rings is 1. The van der Waals surface area contributed by atoms with Gasteiger partial charge in [0.25, 0.3) is 0 Å². The fraction of sp³-hybridized carbons (Fsp3) is 0.810. The van der Waals surface area contributed by atoms with Gasteiger partial charge in [0.15, 0.2) is 0 Å². The van der Waals surface area contributed by atoms with Gasteiger partial charge in [0.2, 0.25) is 0 Å². The number of hydrogen-bond acceptors (Lipinski definition) is 4. The summed E-state index contributed by atoms with van der Waals surface area (Å²) in [4.78, 5) is 19.2. The Morgan fingerprint density at radius 2 is 1.79 bits per heavy atom. The number of likely N-dealkylation sites (tertiary alicyclic amines) is 1. The lowest BCUT2D eigenvalue weighted by molar-refractivity contribution is 0.0842. The van der Waals surface area contributed by atoms with Gasteiger partial charge in [-0.25, -0.2) is 4.79 Å². The van der Waals surface area contributed by atoms with Crippen molar-refractivity contribution in [1.82, 2.24) is 24.5 Å². The summed E-state index contributed by atoms with van der Waals surface area (Å²) in [5.74, 6) is 0. The largest absolute Gasteiger partial charge is 0.390 e. The van der Waals surface area contributed by atoms with Gasteiger partial charge in [-0.1, -0.05) is 6.42 Å². The summed E-state index contributed by atoms with van der Waals surface area (Å²) in [6, 6.07) is 0.469. The van der Waals surface area contributed by atoms with E-state index in [1.165, 1.54) is 25.0 Å². The van der Waals surface area contributed by atoms with Gasteiger partial charge in [-0.3, -0.25) is 4.68 Å². The number of nitrogens with zero attached hydrogens (tertiary/aromatic N) is 5. The number of rotatable bonds is 6. The molecule has 2 aliphatic rings. The van der Waals surface area contributed by atoms with Crippen LogP contribution < -0.4 is 0 Å². The van der Waals surface area contributed by atoms with Crippen LogP contribution in [0.25, 0.3) is 0 Å². The fourth-order valence-corrected chi connectivity index (χ4v) is 4.62. The van der Waals surface area contributed by atoms with Crippen molar-refractivity contribution in [2.24, 2.45) is 0 Å². The molecule has 3 rings (SSSR count). The molecule has 2 aliphatic heterocycles. The summed E-state index contributed by atoms with van der Waals surface area (Å²) in [6.07, 6.45) is 6.03. The summed E-state index contributed by atoms with van der Waals surface area (Å²) >= 11 is 0. The minimum absolute atomic E-state index is 0.105. The van der Waals surface area contributed by atoms with Crippen LogP contribution in [0.3, 0.4) is 0 Å². The number of aliphatic hydroxyl groups excluding tert-OH is 1. The van der Waals surface area contributed by atoms with Gasteiger partial charge in [-0.15, -0.1) is 0 Å². The predicted octanol–water partition coefficient (Wildman–Crippen LogP) is 2.33. The van der Waals surface area contributed by atoms with Gasteiger partial charge >= 0.3 is 6.03 Å². The minimum atomic E-state index is -0.404. The standard InChI is InChI=1S/C21H37N5O2/c1-16(2)26(17(3)4)21(28)24-11-8-20-18(13-24)12-22-25(20)15-19(27)14-23-9-6-5-7-10-23/h12,16-17,19,27H,5-11,13-15H2,1-4H3/t19-/m1/s1. The van der Waals surface area contributed by atoms with Gasteiger partial charge < -0.3 is 19.8 Å². The third kappa shape index (κ3) is 4.87. The summed E-state index contributed by atoms with van der Waals surface area (Å²) in [5, 5.41) is 15.1. The van der Waals surface area contributed by atoms with Crippen LogP contribution in [0.5, 0.6) is 0 Å². The number of β-amino-alcohol motifs (C(OH)–C–C–N with tert-alkyl or cyclic N) is 1. The first kappa shape index (κ1) is 21.1. The van der Waals surface area contributed by atoms with E-state index in [4.69, 9.17) is 0 Å². The van der Waals surface area contributed by atoms with Crippen molar-refractivity contribution in [3.05, 3.63) is 17.5 Å². The molecule has 2 amide bonds. The molecule has 158 valence electrons. The first-order valence-electron chi connectivity index (χ1n) is 10.9. The lowest BCUT2D eigenvalue weighted by atomic mass is 10.1. The lowest BCUT2D eigenvalue weighted by Crippen LogP contribution is -2.50. The van der Waals surface area contributed by atoms with E-state index in [0.717, 1.165) is 31.6 Å². The molecule has 7 heteroatoms. The molecule has 0 unspecified atom stereocenters. The van der Waals surface area contributed by atoms with E-state index in [1.54, 1.807) is 0 Å². The van der Waals surface area contributed by atoms with Crippen LogP contribution in [0.2, 0.25) is 0 Å². The first-order chi connectivity index (χ1) is 13.4. The number of hydrogen-bond donors (Lipinski definition) is 1. The fourth-order valence-electron chi connectivity index (χ4n) is 4.62. The highest BCUT2D eigenvalue weighted by Crippen LogP contribution is 2.22. The highest BCUT2D eigenvalue weighted by atomic mass is 16.3. The Kier molecular flexibility index (Phi) is 6.99. The van der Waals surface area contributed by atoms with Crippen LogP contribution in [0.4, 0.5) is 4.79 Å². The van der Waals surface area contributed by atoms with E-state index in [2.05, 4.69) is 37.7 Å². The lowest BCUT2D eigenvalue weighted by Gasteiger charge is -2.37. The van der Waals surface area contributed by atoms with Crippen molar-refractivity contribution in [3.63, 3.8) is 0 Å². The molecule has 0 bridgehead atoms. The Hall–Kier alpha value is -1.60. The molecule has 1 aromatic heterocycles. The molecule has 1 aromatic rings. The molecule has 7 nitrogen and oxygen atoms in total. The molecule has 0 radical (unpaired) electrons. The number of amides is 2. The normalized spacial score (nSPS) is 19.2. The summed E-state index contributed by atoms with van der Waals surface area (Å²) in [5.41, 5.74) is 2.28. The second kappa shape index (κ2) is 9.27. The molecule has 1 atom stereocenters. The van der Waals surface area contributed by atoms with Crippen molar-refractivity contribution < 1.29 is 9.90 Å². The molecular weight excluding hydrogens is 354 g/mol. The van der Waals surface area contributed by atoms with Crippen molar-refractivity contribution in [1.29, 1.82) is 0 Å². The third-order valence-corrected chi connectivity index (χ3v) is 5.92. The zero-order chi connectivity index (χ0) is 20.3. The van der Waals surface area contributed by atoms with E-state index in [0.29, 0.717) is 19.6 Å². The molecule has 0 saturated carbocycles. The van der Waals surface area contributed by atoms with E-state index in [9.17, 15) is 9.90 Å². The van der Waals surface area contributed by atoms with E-state index >= 15 is 0 Å². The molecule has 1 N–H and O–H groups in total. The molecule has 0 aromatic carbocycles. The maximum Gasteiger partial charge on any atom is 0.320 e. The molecule has 1 saturated heterocycles. The minimum Gasteiger partial charge on any atom is -0.390 e. The number of aliphatic hydroxyl groups is 1. The van der Waals surface area contributed by atoms with Crippen LogP contribution >= 0.6 is 0 Å². The average molecular weight is 392 g/mol. The number of carbonyl (C=O) groups is 1. The quantitative estimate of drug-likeness (QED) is 0.808. The molecular formula is C21H37N5O2. The van der Waals surface area contributed by atoms with Crippen molar-refractivity contribution >= 4 is 6.03 Å². The number of fused-ring (bicyclic) bond motifs is 1. The van der Waals surface area contributed by atoms with E-state index in [-0.39, 0.29) is 18.1 Å². The molecule has 1 fully saturated rings. The van der Waals surface area contributed by atoms with Crippen LogP contribution in [0.1, 0.15) is 58.2 Å². The van der Waals surface area contributed by atoms with Gasteiger partial charge in [0.1, 0.15) is 0 Å². The monoisotopic (exact) mass is 391 g/mol. The zero-order valence-corrected chi connectivity index (χ0v) is 18.0. The smallest absolute Gasteiger partial charge is 0.320 e. The molecule has 0 aliphatic carbocycles. The SMILES string of the molecule is CC(C)N(C(=O)N1CCc2c(cnn2C[C@H](O)CN2CCCCC2)C1)C(C)C. The van der Waals surface area contributed by atoms with Crippen LogP contribution in [0.15, 0.2) is 6.20 Å². The number of urea groups is 1. The molecule has 28 heavy (non-hydrogen) atoms. The Balaban J connectivity index is 1.60. The maximum atomic E-state index is 13.0. The van der Waals surface area contributed by atoms with Gasteiger partial charge in [0, 0.05) is 42.9 Å². The topological polar surface area (TPSA) is 64.8 Å². The van der Waals surface area contributed by atoms with Gasteiger partial charge in [-0.2, -0.15) is 5.10 Å². The van der Waals surface area contributed by atoms with Gasteiger partial charge in [0.05, 0.1) is 25.4 Å². The van der Waals surface area contributed by atoms with Crippen molar-refractivity contribution in [3.8, 4) is 0 Å². The van der Waals surface area contributed by atoms with Crippen LogP contribution in [-0.4, -0.2) is 80.0 Å². The summed E-state index contributed by atoms with van der Waals surface area (Å²) < 4.78 is 1.95. The summed E-state index contributed by atoms with van der Waals surface area (Å²) in [7, 11) is 0. The Bertz CT molecular complexity index is 643. The van der Waals surface area contributed by atoms with E-state index < -0.39 is 6.10 Å². The van der Waals surface area contributed by atoms with E-state index in [1.807, 2.05) is 20.7 Å².